The van der Waals surface area contributed by atoms with Crippen molar-refractivity contribution in [3.63, 3.8) is 0 Å². The molecule has 9 nitrogen and oxygen atoms in total. The predicted octanol–water partition coefficient (Wildman–Crippen LogP) is 7.26. The molecular formula is C35H35ClN6O3S. The minimum atomic E-state index is -0.971. The highest BCUT2D eigenvalue weighted by molar-refractivity contribution is 7.98. The molecule has 7 rings (SSSR count). The number of aromatic carboxylic acids is 1. The Labute approximate surface area is 276 Å². The first-order chi connectivity index (χ1) is 22.2. The number of nitrogens with zero attached hydrogens (tertiary/aromatic N) is 5. The van der Waals surface area contributed by atoms with Crippen LogP contribution in [-0.4, -0.2) is 41.8 Å². The number of hydrogen-bond donors (Lipinski definition) is 2. The van der Waals surface area contributed by atoms with Crippen LogP contribution in [0.1, 0.15) is 45.2 Å². The van der Waals surface area contributed by atoms with Crippen LogP contribution < -0.4 is 10.1 Å². The van der Waals surface area contributed by atoms with Crippen molar-refractivity contribution in [1.29, 1.82) is 0 Å². The molecule has 1 aliphatic rings. The van der Waals surface area contributed by atoms with E-state index in [1.165, 1.54) is 0 Å². The normalized spacial score (nSPS) is 14.3. The Hall–Kier alpha value is -4.25. The molecule has 4 heterocycles. The zero-order valence-electron chi connectivity index (χ0n) is 26.2. The number of benzene rings is 3. The molecule has 6 aromatic rings. The molecule has 3 aromatic carbocycles. The Morgan fingerprint density at radius 1 is 1.02 bits per heavy atom. The Bertz CT molecular complexity index is 2150. The predicted molar refractivity (Wildman–Crippen MR) is 183 cm³/mol. The Morgan fingerprint density at radius 3 is 2.67 bits per heavy atom. The van der Waals surface area contributed by atoms with Crippen LogP contribution in [0.2, 0.25) is 5.02 Å². The summed E-state index contributed by atoms with van der Waals surface area (Å²) >= 11 is 8.72. The van der Waals surface area contributed by atoms with Crippen molar-refractivity contribution >= 4 is 51.0 Å². The van der Waals surface area contributed by atoms with Crippen molar-refractivity contribution in [1.82, 2.24) is 29.4 Å². The topological polar surface area (TPSA) is 99.1 Å². The molecular weight excluding hydrogens is 620 g/mol. The van der Waals surface area contributed by atoms with E-state index in [9.17, 15) is 9.90 Å². The molecule has 2 N–H and O–H groups in total. The third-order valence-electron chi connectivity index (χ3n) is 8.88. The summed E-state index contributed by atoms with van der Waals surface area (Å²) in [5, 5.41) is 27.1. The van der Waals surface area contributed by atoms with E-state index in [1.54, 1.807) is 11.8 Å². The monoisotopic (exact) mass is 654 g/mol. The van der Waals surface area contributed by atoms with Crippen molar-refractivity contribution in [3.05, 3.63) is 93.7 Å². The minimum Gasteiger partial charge on any atom is -0.493 e. The first-order valence-corrected chi connectivity index (χ1v) is 16.7. The second kappa shape index (κ2) is 12.2. The summed E-state index contributed by atoms with van der Waals surface area (Å²) in [5.41, 5.74) is 7.36. The van der Waals surface area contributed by atoms with Gasteiger partial charge in [-0.05, 0) is 61.5 Å². The van der Waals surface area contributed by atoms with Gasteiger partial charge >= 0.3 is 5.97 Å². The molecule has 11 heteroatoms. The van der Waals surface area contributed by atoms with E-state index >= 15 is 0 Å². The summed E-state index contributed by atoms with van der Waals surface area (Å²) in [7, 11) is 3.90. The fourth-order valence-corrected chi connectivity index (χ4v) is 7.84. The molecule has 0 amide bonds. The van der Waals surface area contributed by atoms with Gasteiger partial charge in [0.2, 0.25) is 0 Å². The smallest absolute Gasteiger partial charge is 0.352 e. The van der Waals surface area contributed by atoms with Gasteiger partial charge in [0, 0.05) is 88.2 Å². The van der Waals surface area contributed by atoms with Crippen LogP contribution in [0.5, 0.6) is 5.75 Å². The standard InChI is InChI=1S/C35H35ClN6O3S/c1-20-31-29-11-10-27(36)33(31)32-21(2)40(3)39-28(32)18-37-17-23-15-24(41(4)38-23)19-46-25-14-22-8-5-6-9-26(22)30(16-25)45-13-7-12-42(29)34(20)35(43)44/h5-6,8-11,14-16,37H,7,12-13,17-19H2,1-4H3,(H,43,44). The molecule has 0 atom stereocenters. The lowest BCUT2D eigenvalue weighted by Crippen LogP contribution is -2.14. The van der Waals surface area contributed by atoms with E-state index in [-0.39, 0.29) is 5.69 Å². The van der Waals surface area contributed by atoms with Crippen LogP contribution in [0.15, 0.2) is 59.5 Å². The van der Waals surface area contributed by atoms with Crippen LogP contribution in [0.25, 0.3) is 32.8 Å². The van der Waals surface area contributed by atoms with Gasteiger partial charge in [-0.3, -0.25) is 9.36 Å². The third-order valence-corrected chi connectivity index (χ3v) is 10.2. The number of aromatic nitrogens is 5. The number of carbonyl (C=O) groups is 1. The lowest BCUT2D eigenvalue weighted by Gasteiger charge is -2.14. The van der Waals surface area contributed by atoms with Gasteiger partial charge in [0.25, 0.3) is 0 Å². The lowest BCUT2D eigenvalue weighted by molar-refractivity contribution is 0.0684. The number of carboxylic acid groups (broad SMARTS) is 1. The number of fused-ring (bicyclic) bond motifs is 8. The third kappa shape index (κ3) is 5.34. The number of thioether (sulfide) groups is 1. The van der Waals surface area contributed by atoms with Gasteiger partial charge in [0.1, 0.15) is 11.4 Å². The first-order valence-electron chi connectivity index (χ1n) is 15.3. The number of halogens is 1. The molecule has 0 aliphatic carbocycles. The van der Waals surface area contributed by atoms with Crippen LogP contribution in [0, 0.1) is 13.8 Å². The van der Waals surface area contributed by atoms with E-state index in [4.69, 9.17) is 26.5 Å². The van der Waals surface area contributed by atoms with E-state index in [0.717, 1.165) is 72.0 Å². The van der Waals surface area contributed by atoms with Gasteiger partial charge in [-0.2, -0.15) is 10.2 Å². The first kappa shape index (κ1) is 30.4. The number of nitrogens with one attached hydrogen (secondary N) is 1. The molecule has 0 unspecified atom stereocenters. The van der Waals surface area contributed by atoms with Crippen molar-refractivity contribution in [2.24, 2.45) is 14.1 Å². The average molecular weight is 655 g/mol. The highest BCUT2D eigenvalue weighted by atomic mass is 35.5. The zero-order chi connectivity index (χ0) is 32.1. The molecule has 0 radical (unpaired) electrons. The number of ether oxygens (including phenoxy) is 1. The van der Waals surface area contributed by atoms with Gasteiger partial charge in [-0.1, -0.05) is 35.9 Å². The Balaban J connectivity index is 1.36. The van der Waals surface area contributed by atoms with Crippen LogP contribution in [0.3, 0.4) is 0 Å². The van der Waals surface area contributed by atoms with Crippen molar-refractivity contribution in [2.45, 2.75) is 50.6 Å². The maximum Gasteiger partial charge on any atom is 0.352 e. The van der Waals surface area contributed by atoms with E-state index in [1.807, 2.05) is 66.1 Å². The van der Waals surface area contributed by atoms with Gasteiger partial charge in [0.15, 0.2) is 0 Å². The second-order valence-electron chi connectivity index (χ2n) is 11.8. The number of aryl methyl sites for hydroxylation is 4. The molecule has 8 bridgehead atoms. The van der Waals surface area contributed by atoms with Gasteiger partial charge < -0.3 is 19.7 Å². The van der Waals surface area contributed by atoms with E-state index in [0.29, 0.717) is 43.2 Å². The highest BCUT2D eigenvalue weighted by Gasteiger charge is 2.27. The molecule has 0 fully saturated rings. The summed E-state index contributed by atoms with van der Waals surface area (Å²) in [6.45, 7) is 5.85. The largest absolute Gasteiger partial charge is 0.493 e. The molecule has 46 heavy (non-hydrogen) atoms. The van der Waals surface area contributed by atoms with Gasteiger partial charge in [-0.15, -0.1) is 11.8 Å². The quantitative estimate of drug-likeness (QED) is 0.193. The molecule has 0 spiro atoms. The Morgan fingerprint density at radius 2 is 1.85 bits per heavy atom. The van der Waals surface area contributed by atoms with Crippen molar-refractivity contribution in [3.8, 4) is 16.9 Å². The second-order valence-corrected chi connectivity index (χ2v) is 13.2. The summed E-state index contributed by atoms with van der Waals surface area (Å²) in [6, 6.07) is 18.5. The molecule has 3 aromatic heterocycles. The maximum absolute atomic E-state index is 12.7. The SMILES string of the molecule is Cc1c(C(=O)O)n2c3ccc(Cl)c(c13)-c1c(nn(C)c1C)CNCc1cc(n(C)n1)CSc1cc(c3ccccc3c1)OCCC2. The van der Waals surface area contributed by atoms with Crippen LogP contribution in [0.4, 0.5) is 0 Å². The average Bonchev–Trinajstić information content (AvgIpc) is 3.63. The van der Waals surface area contributed by atoms with Gasteiger partial charge in [-0.25, -0.2) is 4.79 Å². The van der Waals surface area contributed by atoms with E-state index in [2.05, 4.69) is 35.6 Å². The number of hydrogen-bond acceptors (Lipinski definition) is 6. The number of carboxylic acids is 1. The molecule has 0 saturated heterocycles. The zero-order valence-corrected chi connectivity index (χ0v) is 27.8. The summed E-state index contributed by atoms with van der Waals surface area (Å²) < 4.78 is 12.1. The van der Waals surface area contributed by atoms with Crippen LogP contribution >= 0.6 is 23.4 Å². The molecule has 0 saturated carbocycles. The Kier molecular flexibility index (Phi) is 8.04. The lowest BCUT2D eigenvalue weighted by atomic mass is 9.96. The van der Waals surface area contributed by atoms with Crippen molar-refractivity contribution < 1.29 is 14.6 Å². The van der Waals surface area contributed by atoms with Gasteiger partial charge in [0.05, 0.1) is 18.0 Å². The molecule has 1 aliphatic heterocycles. The number of rotatable bonds is 1. The summed E-state index contributed by atoms with van der Waals surface area (Å²) in [6.07, 6.45) is 0.617. The fourth-order valence-electron chi connectivity index (χ4n) is 6.61. The highest BCUT2D eigenvalue weighted by Crippen LogP contribution is 2.42. The fraction of sp³-hybridized carbons (Fsp3) is 0.286. The van der Waals surface area contributed by atoms with E-state index < -0.39 is 5.97 Å². The minimum absolute atomic E-state index is 0.261. The van der Waals surface area contributed by atoms with Crippen molar-refractivity contribution in [2.75, 3.05) is 6.61 Å². The summed E-state index contributed by atoms with van der Waals surface area (Å²) in [4.78, 5) is 13.8. The maximum atomic E-state index is 12.7. The van der Waals surface area contributed by atoms with Crippen LogP contribution in [-0.2, 0) is 39.5 Å². The summed E-state index contributed by atoms with van der Waals surface area (Å²) in [5.74, 6) is 0.615. The molecule has 236 valence electrons.